The molecule has 0 rings (SSSR count). The molecule has 6 heteroatoms. The van der Waals surface area contributed by atoms with E-state index in [4.69, 9.17) is 9.79 Å². The number of hydrogen-bond acceptors (Lipinski definition) is 5. The summed E-state index contributed by atoms with van der Waals surface area (Å²) in [6, 6.07) is 0. The van der Waals surface area contributed by atoms with E-state index < -0.39 is 8.60 Å². The molecule has 0 aromatic heterocycles. The Labute approximate surface area is 35.6 Å². The van der Waals surface area contributed by atoms with E-state index in [1.807, 2.05) is 0 Å². The van der Waals surface area contributed by atoms with Gasteiger partial charge in [-0.25, -0.2) is 10.5 Å². The maximum absolute atomic E-state index is 7.81. The summed E-state index contributed by atoms with van der Waals surface area (Å²) in [6.45, 7) is 0. The Hall–Kier alpha value is 0.230. The first kappa shape index (κ1) is 6.23. The Kier molecular flexibility index (Phi) is 3.55. The van der Waals surface area contributed by atoms with Gasteiger partial charge in [0.15, 0.2) is 0 Å². The molecule has 0 atom stereocenters. The molecule has 0 amide bonds. The minimum atomic E-state index is -2.34. The molecular formula is H5N2O3P. The zero-order chi connectivity index (χ0) is 4.99. The van der Waals surface area contributed by atoms with Gasteiger partial charge in [0.2, 0.25) is 0 Å². The lowest BCUT2D eigenvalue weighted by atomic mass is 12.8. The highest BCUT2D eigenvalue weighted by Gasteiger charge is 1.91. The van der Waals surface area contributed by atoms with Crippen molar-refractivity contribution in [2.24, 2.45) is 5.84 Å². The Balaban J connectivity index is 2.63. The molecule has 0 aliphatic heterocycles. The van der Waals surface area contributed by atoms with E-state index in [9.17, 15) is 0 Å². The average molecular weight is 112 g/mol. The fraction of sp³-hybridized carbons (Fsp3) is 0. The van der Waals surface area contributed by atoms with Gasteiger partial charge in [0.1, 0.15) is 0 Å². The molecule has 0 radical (unpaired) electrons. The van der Waals surface area contributed by atoms with E-state index in [2.05, 4.69) is 10.5 Å². The first-order valence-corrected chi connectivity index (χ1v) is 2.24. The lowest BCUT2D eigenvalue weighted by Gasteiger charge is -1.95. The zero-order valence-electron chi connectivity index (χ0n) is 2.83. The van der Waals surface area contributed by atoms with Crippen molar-refractivity contribution in [2.45, 2.75) is 0 Å². The molecule has 0 fully saturated rings. The van der Waals surface area contributed by atoms with Crippen molar-refractivity contribution < 1.29 is 14.4 Å². The van der Waals surface area contributed by atoms with Crippen molar-refractivity contribution in [2.75, 3.05) is 0 Å². The lowest BCUT2D eigenvalue weighted by Crippen LogP contribution is -2.19. The van der Waals surface area contributed by atoms with Crippen LogP contribution in [0.5, 0.6) is 0 Å². The van der Waals surface area contributed by atoms with Gasteiger partial charge in [0, 0.05) is 0 Å². The second kappa shape index (κ2) is 3.42. The maximum atomic E-state index is 7.81. The van der Waals surface area contributed by atoms with Crippen LogP contribution >= 0.6 is 8.60 Å². The minimum absolute atomic E-state index is 1.60. The predicted molar refractivity (Wildman–Crippen MR) is 19.8 cm³/mol. The maximum Gasteiger partial charge on any atom is 0.346 e. The highest BCUT2D eigenvalue weighted by atomic mass is 31.2. The van der Waals surface area contributed by atoms with Gasteiger partial charge in [-0.2, -0.15) is 0 Å². The topological polar surface area (TPSA) is 87.7 Å². The monoisotopic (exact) mass is 112 g/mol. The molecule has 0 saturated carbocycles. The van der Waals surface area contributed by atoms with Crippen molar-refractivity contribution in [1.29, 1.82) is 0 Å². The summed E-state index contributed by atoms with van der Waals surface area (Å²) >= 11 is 0. The van der Waals surface area contributed by atoms with E-state index in [1.165, 1.54) is 0 Å². The number of rotatable bonds is 2. The van der Waals surface area contributed by atoms with E-state index >= 15 is 0 Å². The first-order valence-electron chi connectivity index (χ1n) is 1.08. The number of hydrazine groups is 1. The molecule has 0 aromatic rings. The zero-order valence-corrected chi connectivity index (χ0v) is 3.72. The van der Waals surface area contributed by atoms with Gasteiger partial charge in [-0.1, -0.05) is 0 Å². The largest absolute Gasteiger partial charge is 0.346 e. The van der Waals surface area contributed by atoms with Gasteiger partial charge in [0.25, 0.3) is 0 Å². The first-order chi connectivity index (χ1) is 2.77. The van der Waals surface area contributed by atoms with Crippen LogP contribution in [0.25, 0.3) is 0 Å². The van der Waals surface area contributed by atoms with Crippen LogP contribution in [0.15, 0.2) is 0 Å². The van der Waals surface area contributed by atoms with E-state index in [0.29, 0.717) is 0 Å². The molecule has 6 heavy (non-hydrogen) atoms. The second-order valence-corrected chi connectivity index (χ2v) is 1.15. The molecular weight excluding hydrogens is 107 g/mol. The summed E-state index contributed by atoms with van der Waals surface area (Å²) in [5, 5.41) is 0. The summed E-state index contributed by atoms with van der Waals surface area (Å²) in [5.41, 5.74) is 1.60. The molecule has 0 aliphatic rings. The molecule has 0 saturated heterocycles. The SMILES string of the molecule is NNOP(O)O. The highest BCUT2D eigenvalue weighted by Crippen LogP contribution is 2.20. The average Bonchev–Trinajstić information content (AvgIpc) is 1.35. The smallest absolute Gasteiger partial charge is 0.327 e. The normalized spacial score (nSPS) is 10.0. The summed E-state index contributed by atoms with van der Waals surface area (Å²) in [6.07, 6.45) is 0. The van der Waals surface area contributed by atoms with Crippen molar-refractivity contribution in [3.8, 4) is 0 Å². The second-order valence-electron chi connectivity index (χ2n) is 0.462. The van der Waals surface area contributed by atoms with Crippen LogP contribution in [-0.4, -0.2) is 9.79 Å². The van der Waals surface area contributed by atoms with Crippen molar-refractivity contribution in [1.82, 2.24) is 5.59 Å². The molecule has 0 aromatic carbocycles. The van der Waals surface area contributed by atoms with E-state index in [-0.39, 0.29) is 0 Å². The molecule has 5 N–H and O–H groups in total. The van der Waals surface area contributed by atoms with Crippen LogP contribution in [0.3, 0.4) is 0 Å². The molecule has 0 spiro atoms. The Morgan fingerprint density at radius 2 is 2.17 bits per heavy atom. The van der Waals surface area contributed by atoms with Crippen LogP contribution in [0.4, 0.5) is 0 Å². The van der Waals surface area contributed by atoms with Gasteiger partial charge >= 0.3 is 8.60 Å². The summed E-state index contributed by atoms with van der Waals surface area (Å²) in [5.74, 6) is 4.45. The molecule has 0 bridgehead atoms. The quantitative estimate of drug-likeness (QED) is 0.200. The third kappa shape index (κ3) is 4.23. The van der Waals surface area contributed by atoms with Crippen LogP contribution in [-0.2, 0) is 4.62 Å². The Bertz CT molecular complexity index is 30.0. The Morgan fingerprint density at radius 1 is 1.67 bits per heavy atom. The van der Waals surface area contributed by atoms with Crippen molar-refractivity contribution >= 4 is 8.60 Å². The summed E-state index contributed by atoms with van der Waals surface area (Å²) < 4.78 is 3.75. The van der Waals surface area contributed by atoms with Gasteiger partial charge in [-0.05, 0) is 0 Å². The third-order valence-corrected chi connectivity index (χ3v) is 0.403. The molecule has 38 valence electrons. The molecule has 0 heterocycles. The standard InChI is InChI=1S/H5N2O3P/c1-2-5-6(3)4/h2-4H,1H2. The van der Waals surface area contributed by atoms with Gasteiger partial charge in [-0.3, -0.25) is 0 Å². The minimum Gasteiger partial charge on any atom is -0.327 e. The Morgan fingerprint density at radius 3 is 2.17 bits per heavy atom. The predicted octanol–water partition coefficient (Wildman–Crippen LogP) is -1.41. The van der Waals surface area contributed by atoms with Crippen LogP contribution in [0.1, 0.15) is 0 Å². The van der Waals surface area contributed by atoms with Crippen LogP contribution in [0.2, 0.25) is 0 Å². The molecule has 5 nitrogen and oxygen atoms in total. The highest BCUT2D eigenvalue weighted by molar-refractivity contribution is 7.39. The summed E-state index contributed by atoms with van der Waals surface area (Å²) in [4.78, 5) is 15.6. The van der Waals surface area contributed by atoms with E-state index in [1.54, 1.807) is 5.59 Å². The molecule has 0 unspecified atom stereocenters. The summed E-state index contributed by atoms with van der Waals surface area (Å²) in [7, 11) is -2.34. The van der Waals surface area contributed by atoms with Gasteiger partial charge in [0.05, 0.1) is 0 Å². The molecule has 0 aliphatic carbocycles. The van der Waals surface area contributed by atoms with Crippen molar-refractivity contribution in [3.63, 3.8) is 0 Å². The van der Waals surface area contributed by atoms with Crippen LogP contribution < -0.4 is 11.4 Å². The fourth-order valence-electron chi connectivity index (χ4n) is 0.0471. The number of nitrogens with two attached hydrogens (primary N) is 1. The van der Waals surface area contributed by atoms with E-state index in [0.717, 1.165) is 0 Å². The lowest BCUT2D eigenvalue weighted by molar-refractivity contribution is 0.165. The van der Waals surface area contributed by atoms with Crippen LogP contribution in [0, 0.1) is 0 Å². The van der Waals surface area contributed by atoms with Crippen molar-refractivity contribution in [3.05, 3.63) is 0 Å². The number of nitrogens with one attached hydrogen (secondary N) is 1. The van der Waals surface area contributed by atoms with Gasteiger partial charge in [-0.15, -0.1) is 5.59 Å². The third-order valence-electron chi connectivity index (χ3n) is 0.134. The van der Waals surface area contributed by atoms with Gasteiger partial charge < -0.3 is 9.79 Å². The fourth-order valence-corrected chi connectivity index (χ4v) is 0.141. The number of hydrogen-bond donors (Lipinski definition) is 4.